The van der Waals surface area contributed by atoms with Crippen molar-refractivity contribution in [2.45, 2.75) is 32.3 Å². The second kappa shape index (κ2) is 4.15. The molecule has 0 amide bonds. The molecule has 2 aliphatic rings. The van der Waals surface area contributed by atoms with Gasteiger partial charge in [-0.15, -0.1) is 0 Å². The predicted molar refractivity (Wildman–Crippen MR) is 64.1 cm³/mol. The quantitative estimate of drug-likeness (QED) is 0.799. The SMILES string of the molecule is C[C@@H]1OC(c2cc3c(cc2Br)OCO3)O[C@@H]1C. The number of rotatable bonds is 1. The Morgan fingerprint density at radius 1 is 1.06 bits per heavy atom. The molecule has 2 heterocycles. The van der Waals surface area contributed by atoms with Gasteiger partial charge in [-0.2, -0.15) is 0 Å². The van der Waals surface area contributed by atoms with Gasteiger partial charge in [0.1, 0.15) is 0 Å². The molecule has 0 aliphatic carbocycles. The van der Waals surface area contributed by atoms with Crippen LogP contribution >= 0.6 is 15.9 Å². The lowest BCUT2D eigenvalue weighted by molar-refractivity contribution is -0.0658. The van der Waals surface area contributed by atoms with Gasteiger partial charge in [-0.1, -0.05) is 15.9 Å². The largest absolute Gasteiger partial charge is 0.454 e. The van der Waals surface area contributed by atoms with Crippen molar-refractivity contribution in [1.29, 1.82) is 0 Å². The van der Waals surface area contributed by atoms with Crippen LogP contribution in [-0.2, 0) is 9.47 Å². The van der Waals surface area contributed by atoms with E-state index in [0.717, 1.165) is 21.5 Å². The lowest BCUT2D eigenvalue weighted by atomic mass is 10.2. The molecule has 0 saturated carbocycles. The second-order valence-electron chi connectivity index (χ2n) is 4.24. The summed E-state index contributed by atoms with van der Waals surface area (Å²) in [6.45, 7) is 4.28. The van der Waals surface area contributed by atoms with Gasteiger partial charge in [-0.3, -0.25) is 0 Å². The third kappa shape index (κ3) is 1.92. The molecular formula is C12H13BrO4. The van der Waals surface area contributed by atoms with Gasteiger partial charge in [0.2, 0.25) is 6.79 Å². The fourth-order valence-corrected chi connectivity index (χ4v) is 2.41. The molecule has 1 saturated heterocycles. The molecule has 0 radical (unpaired) electrons. The molecule has 0 spiro atoms. The summed E-state index contributed by atoms with van der Waals surface area (Å²) in [7, 11) is 0. The first-order chi connectivity index (χ1) is 8.15. The van der Waals surface area contributed by atoms with Gasteiger partial charge in [0.05, 0.1) is 12.2 Å². The van der Waals surface area contributed by atoms with Crippen molar-refractivity contribution in [2.75, 3.05) is 6.79 Å². The zero-order valence-corrected chi connectivity index (χ0v) is 11.2. The van der Waals surface area contributed by atoms with Gasteiger partial charge in [-0.25, -0.2) is 0 Å². The zero-order valence-electron chi connectivity index (χ0n) is 9.60. The first kappa shape index (κ1) is 11.3. The van der Waals surface area contributed by atoms with Crippen LogP contribution < -0.4 is 9.47 Å². The number of ether oxygens (including phenoxy) is 4. The summed E-state index contributed by atoms with van der Waals surface area (Å²) in [6, 6.07) is 3.79. The minimum absolute atomic E-state index is 0.0947. The number of hydrogen-bond acceptors (Lipinski definition) is 4. The van der Waals surface area contributed by atoms with Crippen LogP contribution in [0, 0.1) is 0 Å². The van der Waals surface area contributed by atoms with E-state index in [-0.39, 0.29) is 25.3 Å². The van der Waals surface area contributed by atoms with Crippen molar-refractivity contribution in [2.24, 2.45) is 0 Å². The van der Waals surface area contributed by atoms with Crippen LogP contribution in [0.25, 0.3) is 0 Å². The van der Waals surface area contributed by atoms with E-state index in [1.165, 1.54) is 0 Å². The highest BCUT2D eigenvalue weighted by Crippen LogP contribution is 2.42. The van der Waals surface area contributed by atoms with Gasteiger partial charge < -0.3 is 18.9 Å². The van der Waals surface area contributed by atoms with E-state index in [1.54, 1.807) is 0 Å². The monoisotopic (exact) mass is 300 g/mol. The lowest BCUT2D eigenvalue weighted by Crippen LogP contribution is -2.13. The minimum atomic E-state index is -0.344. The smallest absolute Gasteiger partial charge is 0.231 e. The van der Waals surface area contributed by atoms with Crippen molar-refractivity contribution in [3.63, 3.8) is 0 Å². The number of halogens is 1. The van der Waals surface area contributed by atoms with E-state index in [2.05, 4.69) is 15.9 Å². The normalized spacial score (nSPS) is 30.9. The second-order valence-corrected chi connectivity index (χ2v) is 5.10. The van der Waals surface area contributed by atoms with E-state index < -0.39 is 0 Å². The highest BCUT2D eigenvalue weighted by Gasteiger charge is 2.33. The molecule has 1 unspecified atom stereocenters. The molecule has 0 N–H and O–H groups in total. The van der Waals surface area contributed by atoms with Crippen molar-refractivity contribution in [3.8, 4) is 11.5 Å². The van der Waals surface area contributed by atoms with Crippen molar-refractivity contribution in [3.05, 3.63) is 22.2 Å². The van der Waals surface area contributed by atoms with E-state index in [0.29, 0.717) is 0 Å². The molecule has 1 fully saturated rings. The maximum atomic E-state index is 5.75. The summed E-state index contributed by atoms with van der Waals surface area (Å²) >= 11 is 3.50. The molecule has 17 heavy (non-hydrogen) atoms. The number of fused-ring (bicyclic) bond motifs is 1. The molecule has 0 bridgehead atoms. The molecular weight excluding hydrogens is 288 g/mol. The summed E-state index contributed by atoms with van der Waals surface area (Å²) in [5.41, 5.74) is 0.936. The molecule has 1 aromatic rings. The van der Waals surface area contributed by atoms with Crippen molar-refractivity contribution >= 4 is 15.9 Å². The third-order valence-electron chi connectivity index (χ3n) is 3.08. The summed E-state index contributed by atoms with van der Waals surface area (Å²) in [5.74, 6) is 1.49. The molecule has 2 aliphatic heterocycles. The Balaban J connectivity index is 1.93. The maximum Gasteiger partial charge on any atom is 0.231 e. The van der Waals surface area contributed by atoms with Gasteiger partial charge >= 0.3 is 0 Å². The average Bonchev–Trinajstić information content (AvgIpc) is 2.85. The molecule has 92 valence electrons. The van der Waals surface area contributed by atoms with E-state index in [9.17, 15) is 0 Å². The lowest BCUT2D eigenvalue weighted by Gasteiger charge is -2.13. The average molecular weight is 301 g/mol. The highest BCUT2D eigenvalue weighted by molar-refractivity contribution is 9.10. The third-order valence-corrected chi connectivity index (χ3v) is 3.77. The van der Waals surface area contributed by atoms with Crippen LogP contribution in [0.2, 0.25) is 0 Å². The summed E-state index contributed by atoms with van der Waals surface area (Å²) in [4.78, 5) is 0. The highest BCUT2D eigenvalue weighted by atomic mass is 79.9. The molecule has 3 atom stereocenters. The van der Waals surface area contributed by atoms with Crippen LogP contribution in [0.3, 0.4) is 0 Å². The first-order valence-electron chi connectivity index (χ1n) is 5.55. The van der Waals surface area contributed by atoms with Crippen LogP contribution in [0.5, 0.6) is 11.5 Å². The van der Waals surface area contributed by atoms with Crippen LogP contribution in [-0.4, -0.2) is 19.0 Å². The zero-order chi connectivity index (χ0) is 12.0. The molecule has 5 heteroatoms. The minimum Gasteiger partial charge on any atom is -0.454 e. The Labute approximate surface area is 108 Å². The Bertz CT molecular complexity index is 438. The Hall–Kier alpha value is -0.780. The van der Waals surface area contributed by atoms with Crippen LogP contribution in [0.1, 0.15) is 25.7 Å². The topological polar surface area (TPSA) is 36.9 Å². The Morgan fingerprint density at radius 3 is 2.29 bits per heavy atom. The Kier molecular flexibility index (Phi) is 2.77. The molecule has 1 aromatic carbocycles. The van der Waals surface area contributed by atoms with E-state index in [1.807, 2.05) is 26.0 Å². The number of benzene rings is 1. The van der Waals surface area contributed by atoms with Crippen LogP contribution in [0.15, 0.2) is 16.6 Å². The van der Waals surface area contributed by atoms with Crippen molar-refractivity contribution < 1.29 is 18.9 Å². The van der Waals surface area contributed by atoms with Gasteiger partial charge in [-0.05, 0) is 26.0 Å². The predicted octanol–water partition coefficient (Wildman–Crippen LogP) is 3.00. The molecule has 3 rings (SSSR count). The summed E-state index contributed by atoms with van der Waals surface area (Å²) in [5, 5.41) is 0. The van der Waals surface area contributed by atoms with E-state index >= 15 is 0 Å². The molecule has 4 nitrogen and oxygen atoms in total. The van der Waals surface area contributed by atoms with Crippen LogP contribution in [0.4, 0.5) is 0 Å². The number of hydrogen-bond donors (Lipinski definition) is 0. The fraction of sp³-hybridized carbons (Fsp3) is 0.500. The van der Waals surface area contributed by atoms with Gasteiger partial charge in [0.15, 0.2) is 17.8 Å². The van der Waals surface area contributed by atoms with E-state index in [4.69, 9.17) is 18.9 Å². The maximum absolute atomic E-state index is 5.75. The standard InChI is InChI=1S/C12H13BrO4/c1-6-7(2)17-12(16-6)8-3-10-11(4-9(8)13)15-5-14-10/h3-4,6-7,12H,5H2,1-2H3/t6-,7+,12?. The Morgan fingerprint density at radius 2 is 1.65 bits per heavy atom. The first-order valence-corrected chi connectivity index (χ1v) is 6.34. The molecule has 0 aromatic heterocycles. The van der Waals surface area contributed by atoms with Crippen molar-refractivity contribution in [1.82, 2.24) is 0 Å². The summed E-state index contributed by atoms with van der Waals surface area (Å²) in [6.07, 6.45) is -0.154. The summed E-state index contributed by atoms with van der Waals surface area (Å²) < 4.78 is 23.1. The van der Waals surface area contributed by atoms with Gasteiger partial charge in [0, 0.05) is 10.0 Å². The fourth-order valence-electron chi connectivity index (χ4n) is 1.90. The van der Waals surface area contributed by atoms with Gasteiger partial charge in [0.25, 0.3) is 0 Å².